The normalized spacial score (nSPS) is 11.2. The smallest absolute Gasteiger partial charge is 0.335 e. The van der Waals surface area contributed by atoms with E-state index in [0.29, 0.717) is 45.2 Å². The van der Waals surface area contributed by atoms with Crippen LogP contribution in [-0.4, -0.2) is 34.1 Å². The van der Waals surface area contributed by atoms with Crippen LogP contribution in [-0.2, 0) is 13.0 Å². The molecule has 1 aromatic heterocycles. The molecule has 3 aromatic carbocycles. The maximum absolute atomic E-state index is 13.2. The summed E-state index contributed by atoms with van der Waals surface area (Å²) in [7, 11) is 1.50. The summed E-state index contributed by atoms with van der Waals surface area (Å²) in [6.07, 6.45) is 2.91. The number of aromatic nitrogens is 2. The topological polar surface area (TPSA) is 103 Å². The van der Waals surface area contributed by atoms with E-state index in [1.54, 1.807) is 36.4 Å². The molecule has 0 aliphatic rings. The lowest BCUT2D eigenvalue weighted by atomic mass is 10.1. The number of carboxylic acid groups (broad SMARTS) is 1. The summed E-state index contributed by atoms with van der Waals surface area (Å²) in [5.74, 6) is 0.291. The lowest BCUT2D eigenvalue weighted by Gasteiger charge is -2.13. The van der Waals surface area contributed by atoms with Crippen molar-refractivity contribution in [3.05, 3.63) is 97.0 Å². The van der Waals surface area contributed by atoms with Gasteiger partial charge in [-0.2, -0.15) is 9.78 Å². The zero-order chi connectivity index (χ0) is 26.5. The summed E-state index contributed by atoms with van der Waals surface area (Å²) in [6, 6.07) is 15.1. The number of methoxy groups -OCH3 is 1. The van der Waals surface area contributed by atoms with Crippen molar-refractivity contribution in [1.82, 2.24) is 9.66 Å². The van der Waals surface area contributed by atoms with Gasteiger partial charge in [-0.15, -0.1) is 0 Å². The van der Waals surface area contributed by atoms with Crippen LogP contribution >= 0.6 is 27.5 Å². The average Bonchev–Trinajstić information content (AvgIpc) is 2.88. The quantitative estimate of drug-likeness (QED) is 0.245. The van der Waals surface area contributed by atoms with Crippen LogP contribution in [0.3, 0.4) is 0 Å². The van der Waals surface area contributed by atoms with Gasteiger partial charge in [0, 0.05) is 10.9 Å². The second-order valence-electron chi connectivity index (χ2n) is 8.13. The molecule has 0 aliphatic carbocycles. The average molecular weight is 585 g/mol. The number of carboxylic acids is 1. The molecule has 0 saturated carbocycles. The number of aromatic carboxylic acids is 1. The van der Waals surface area contributed by atoms with Crippen LogP contribution in [0.1, 0.15) is 40.7 Å². The molecule has 0 atom stereocenters. The van der Waals surface area contributed by atoms with E-state index in [2.05, 4.69) is 26.0 Å². The van der Waals surface area contributed by atoms with Crippen LogP contribution in [0.4, 0.5) is 0 Å². The Bertz CT molecular complexity index is 1550. The molecule has 1 heterocycles. The molecule has 4 rings (SSSR count). The minimum Gasteiger partial charge on any atom is -0.493 e. The fraction of sp³-hybridized carbons (Fsp3) is 0.185. The van der Waals surface area contributed by atoms with Gasteiger partial charge in [0.05, 0.1) is 34.8 Å². The molecule has 37 heavy (non-hydrogen) atoms. The summed E-state index contributed by atoms with van der Waals surface area (Å²) in [5, 5.41) is 14.2. The number of halogens is 2. The van der Waals surface area contributed by atoms with E-state index in [0.717, 1.165) is 16.5 Å². The molecular formula is C27H23BrClN3O5. The molecular weight excluding hydrogens is 562 g/mol. The Labute approximate surface area is 226 Å². The zero-order valence-corrected chi connectivity index (χ0v) is 22.4. The fourth-order valence-corrected chi connectivity index (χ4v) is 4.31. The zero-order valence-electron chi connectivity index (χ0n) is 20.1. The van der Waals surface area contributed by atoms with E-state index in [-0.39, 0.29) is 17.7 Å². The van der Waals surface area contributed by atoms with Crippen molar-refractivity contribution in [1.29, 1.82) is 0 Å². The number of fused-ring (bicyclic) bond motifs is 1. The molecule has 0 fully saturated rings. The van der Waals surface area contributed by atoms with Gasteiger partial charge >= 0.3 is 5.97 Å². The van der Waals surface area contributed by atoms with Crippen LogP contribution in [0.15, 0.2) is 69.0 Å². The summed E-state index contributed by atoms with van der Waals surface area (Å²) in [5.41, 5.74) is 1.92. The predicted molar refractivity (Wildman–Crippen MR) is 146 cm³/mol. The highest BCUT2D eigenvalue weighted by Gasteiger charge is 2.14. The first kappa shape index (κ1) is 26.4. The molecule has 190 valence electrons. The number of rotatable bonds is 9. The molecule has 4 aromatic rings. The van der Waals surface area contributed by atoms with E-state index < -0.39 is 5.97 Å². The van der Waals surface area contributed by atoms with Crippen LogP contribution in [0, 0.1) is 0 Å². The Hall–Kier alpha value is -3.69. The number of hydrogen-bond donors (Lipinski definition) is 1. The van der Waals surface area contributed by atoms with Gasteiger partial charge < -0.3 is 14.6 Å². The molecule has 0 unspecified atom stereocenters. The highest BCUT2D eigenvalue weighted by Crippen LogP contribution is 2.36. The first-order chi connectivity index (χ1) is 17.8. The number of ether oxygens (including phenoxy) is 2. The molecule has 0 amide bonds. The van der Waals surface area contributed by atoms with Crippen LogP contribution in [0.2, 0.25) is 5.02 Å². The number of nitrogens with zero attached hydrogens (tertiary/aromatic N) is 3. The lowest BCUT2D eigenvalue weighted by molar-refractivity contribution is 0.0697. The Morgan fingerprint density at radius 1 is 1.19 bits per heavy atom. The van der Waals surface area contributed by atoms with Crippen molar-refractivity contribution in [3.8, 4) is 11.5 Å². The van der Waals surface area contributed by atoms with Gasteiger partial charge in [0.25, 0.3) is 5.56 Å². The van der Waals surface area contributed by atoms with Gasteiger partial charge in [-0.05, 0) is 60.0 Å². The van der Waals surface area contributed by atoms with Gasteiger partial charge in [0.2, 0.25) is 0 Å². The maximum Gasteiger partial charge on any atom is 0.335 e. The van der Waals surface area contributed by atoms with E-state index in [1.165, 1.54) is 30.1 Å². The number of hydrogen-bond acceptors (Lipinski definition) is 6. The van der Waals surface area contributed by atoms with Crippen LogP contribution in [0.5, 0.6) is 11.5 Å². The molecule has 1 N–H and O–H groups in total. The SMILES string of the molecule is CCCc1nc2ccc(Br)cc2c(=O)n1N=Cc1cc(Cl)c(OCc2ccc(C(=O)O)cc2)c(OC)c1. The van der Waals surface area contributed by atoms with E-state index in [9.17, 15) is 9.59 Å². The van der Waals surface area contributed by atoms with Gasteiger partial charge in [0.15, 0.2) is 11.5 Å². The summed E-state index contributed by atoms with van der Waals surface area (Å²) in [4.78, 5) is 28.9. The van der Waals surface area contributed by atoms with Crippen molar-refractivity contribution in [2.75, 3.05) is 7.11 Å². The molecule has 10 heteroatoms. The Balaban J connectivity index is 1.63. The van der Waals surface area contributed by atoms with Crippen LogP contribution < -0.4 is 15.0 Å². The molecule has 0 radical (unpaired) electrons. The van der Waals surface area contributed by atoms with Crippen molar-refractivity contribution >= 4 is 50.6 Å². The first-order valence-corrected chi connectivity index (χ1v) is 12.6. The van der Waals surface area contributed by atoms with E-state index in [4.69, 9.17) is 26.2 Å². The third-order valence-corrected chi connectivity index (χ3v) is 6.28. The number of carbonyl (C=O) groups is 1. The second kappa shape index (κ2) is 11.6. The molecule has 0 saturated heterocycles. The summed E-state index contributed by atoms with van der Waals surface area (Å²) in [6.45, 7) is 2.17. The second-order valence-corrected chi connectivity index (χ2v) is 9.45. The Morgan fingerprint density at radius 2 is 1.95 bits per heavy atom. The van der Waals surface area contributed by atoms with Gasteiger partial charge in [-0.25, -0.2) is 9.78 Å². The van der Waals surface area contributed by atoms with Crippen LogP contribution in [0.25, 0.3) is 10.9 Å². The number of aryl methyl sites for hydroxylation is 1. The third kappa shape index (κ3) is 6.00. The third-order valence-electron chi connectivity index (χ3n) is 5.51. The van der Waals surface area contributed by atoms with E-state index >= 15 is 0 Å². The molecule has 0 aliphatic heterocycles. The van der Waals surface area contributed by atoms with E-state index in [1.807, 2.05) is 13.0 Å². The van der Waals surface area contributed by atoms with Crippen molar-refractivity contribution in [2.24, 2.45) is 5.10 Å². The minimum absolute atomic E-state index is 0.164. The monoisotopic (exact) mass is 583 g/mol. The first-order valence-electron chi connectivity index (χ1n) is 11.4. The molecule has 0 spiro atoms. The standard InChI is InChI=1S/C27H23BrClN3O5/c1-3-4-24-31-22-10-9-19(28)13-20(22)26(33)32(24)30-14-17-11-21(29)25(23(12-17)36-2)37-15-16-5-7-18(8-6-16)27(34)35/h5-14H,3-4,15H2,1-2H3,(H,34,35). The van der Waals surface area contributed by atoms with Gasteiger partial charge in [-0.3, -0.25) is 4.79 Å². The largest absolute Gasteiger partial charge is 0.493 e. The Morgan fingerprint density at radius 3 is 2.62 bits per heavy atom. The highest BCUT2D eigenvalue weighted by atomic mass is 79.9. The van der Waals surface area contributed by atoms with Crippen molar-refractivity contribution in [2.45, 2.75) is 26.4 Å². The van der Waals surface area contributed by atoms with Gasteiger partial charge in [-0.1, -0.05) is 46.6 Å². The summed E-state index contributed by atoms with van der Waals surface area (Å²) < 4.78 is 13.4. The fourth-order valence-electron chi connectivity index (χ4n) is 3.68. The molecule has 8 nitrogen and oxygen atoms in total. The highest BCUT2D eigenvalue weighted by molar-refractivity contribution is 9.10. The molecule has 0 bridgehead atoms. The lowest BCUT2D eigenvalue weighted by Crippen LogP contribution is -2.22. The maximum atomic E-state index is 13.2. The minimum atomic E-state index is -0.995. The van der Waals surface area contributed by atoms with Crippen molar-refractivity contribution in [3.63, 3.8) is 0 Å². The van der Waals surface area contributed by atoms with Crippen molar-refractivity contribution < 1.29 is 19.4 Å². The number of benzene rings is 3. The predicted octanol–water partition coefficient (Wildman–Crippen LogP) is 5.93. The van der Waals surface area contributed by atoms with Gasteiger partial charge in [0.1, 0.15) is 12.4 Å². The Kier molecular flexibility index (Phi) is 8.25. The summed E-state index contributed by atoms with van der Waals surface area (Å²) >= 11 is 9.91.